The van der Waals surface area contributed by atoms with Crippen molar-refractivity contribution in [2.75, 3.05) is 0 Å². The minimum atomic E-state index is -0.328. The van der Waals surface area contributed by atoms with Crippen LogP contribution in [-0.2, 0) is 11.3 Å². The predicted octanol–water partition coefficient (Wildman–Crippen LogP) is 3.78. The standard InChI is InChI=1S/C17H18FNO2S/c1-11-8-15(12(2)22-11)16(20)6-7-17(21)19-10-13-4-3-5-14(18)9-13/h3-5,8-9H,6-7,10H2,1-2H3,(H,19,21). The summed E-state index contributed by atoms with van der Waals surface area (Å²) in [5.74, 6) is -0.546. The Morgan fingerprint density at radius 3 is 2.59 bits per heavy atom. The molecule has 2 rings (SSSR count). The molecule has 0 bridgehead atoms. The van der Waals surface area contributed by atoms with Crippen LogP contribution in [0, 0.1) is 19.7 Å². The number of ketones is 1. The van der Waals surface area contributed by atoms with Gasteiger partial charge in [0.05, 0.1) is 0 Å². The number of halogens is 1. The van der Waals surface area contributed by atoms with Gasteiger partial charge in [-0.15, -0.1) is 11.3 Å². The highest BCUT2D eigenvalue weighted by atomic mass is 32.1. The maximum atomic E-state index is 13.0. The van der Waals surface area contributed by atoms with E-state index in [4.69, 9.17) is 0 Å². The molecule has 0 radical (unpaired) electrons. The van der Waals surface area contributed by atoms with Crippen LogP contribution < -0.4 is 5.32 Å². The van der Waals surface area contributed by atoms with Crippen molar-refractivity contribution in [2.24, 2.45) is 0 Å². The quantitative estimate of drug-likeness (QED) is 0.824. The van der Waals surface area contributed by atoms with Crippen LogP contribution in [0.3, 0.4) is 0 Å². The highest BCUT2D eigenvalue weighted by Crippen LogP contribution is 2.22. The third kappa shape index (κ3) is 4.49. The normalized spacial score (nSPS) is 10.5. The molecule has 1 N–H and O–H groups in total. The Morgan fingerprint density at radius 1 is 1.18 bits per heavy atom. The van der Waals surface area contributed by atoms with E-state index in [1.165, 1.54) is 12.1 Å². The average Bonchev–Trinajstić information content (AvgIpc) is 2.81. The molecule has 1 aromatic carbocycles. The van der Waals surface area contributed by atoms with Crippen LogP contribution in [-0.4, -0.2) is 11.7 Å². The number of thiophene rings is 1. The van der Waals surface area contributed by atoms with Gasteiger partial charge >= 0.3 is 0 Å². The molecule has 2 aromatic rings. The van der Waals surface area contributed by atoms with Crippen molar-refractivity contribution in [2.45, 2.75) is 33.2 Å². The van der Waals surface area contributed by atoms with Gasteiger partial charge in [0.15, 0.2) is 5.78 Å². The zero-order valence-corrected chi connectivity index (χ0v) is 13.4. The van der Waals surface area contributed by atoms with Gasteiger partial charge in [-0.1, -0.05) is 12.1 Å². The van der Waals surface area contributed by atoms with Gasteiger partial charge < -0.3 is 5.32 Å². The molecule has 1 aromatic heterocycles. The Labute approximate surface area is 133 Å². The molecular formula is C17H18FNO2S. The lowest BCUT2D eigenvalue weighted by Gasteiger charge is -2.05. The predicted molar refractivity (Wildman–Crippen MR) is 85.6 cm³/mol. The fourth-order valence-electron chi connectivity index (χ4n) is 2.21. The third-order valence-electron chi connectivity index (χ3n) is 3.30. The second kappa shape index (κ2) is 7.31. The van der Waals surface area contributed by atoms with E-state index in [-0.39, 0.29) is 36.9 Å². The first-order valence-corrected chi connectivity index (χ1v) is 7.88. The zero-order chi connectivity index (χ0) is 16.1. The summed E-state index contributed by atoms with van der Waals surface area (Å²) in [6.07, 6.45) is 0.328. The number of carbonyl (C=O) groups is 2. The van der Waals surface area contributed by atoms with Crippen molar-refractivity contribution in [3.05, 3.63) is 57.0 Å². The lowest BCUT2D eigenvalue weighted by Crippen LogP contribution is -2.23. The van der Waals surface area contributed by atoms with E-state index in [0.717, 1.165) is 9.75 Å². The Kier molecular flexibility index (Phi) is 5.44. The summed E-state index contributed by atoms with van der Waals surface area (Å²) in [6, 6.07) is 7.94. The van der Waals surface area contributed by atoms with Crippen molar-refractivity contribution in [3.8, 4) is 0 Å². The maximum Gasteiger partial charge on any atom is 0.220 e. The van der Waals surface area contributed by atoms with Gasteiger partial charge in [0.25, 0.3) is 0 Å². The van der Waals surface area contributed by atoms with E-state index < -0.39 is 0 Å². The minimum Gasteiger partial charge on any atom is -0.352 e. The number of Topliss-reactive ketones (excluding diaryl/α,β-unsaturated/α-hetero) is 1. The highest BCUT2D eigenvalue weighted by molar-refractivity contribution is 7.12. The molecule has 0 saturated carbocycles. The SMILES string of the molecule is Cc1cc(C(=O)CCC(=O)NCc2cccc(F)c2)c(C)s1. The van der Waals surface area contributed by atoms with Gasteiger partial charge in [0, 0.05) is 34.7 Å². The third-order valence-corrected chi connectivity index (χ3v) is 4.27. The van der Waals surface area contributed by atoms with Gasteiger partial charge in [0.1, 0.15) is 5.82 Å². The molecule has 116 valence electrons. The summed E-state index contributed by atoms with van der Waals surface area (Å²) in [4.78, 5) is 25.9. The zero-order valence-electron chi connectivity index (χ0n) is 12.6. The molecular weight excluding hydrogens is 301 g/mol. The van der Waals surface area contributed by atoms with Gasteiger partial charge in [0.2, 0.25) is 5.91 Å². The van der Waals surface area contributed by atoms with E-state index in [2.05, 4.69) is 5.32 Å². The molecule has 0 saturated heterocycles. The maximum absolute atomic E-state index is 13.0. The number of nitrogens with one attached hydrogen (secondary N) is 1. The van der Waals surface area contributed by atoms with Crippen LogP contribution in [0.1, 0.15) is 38.5 Å². The Bertz CT molecular complexity index is 694. The summed E-state index contributed by atoms with van der Waals surface area (Å²) < 4.78 is 13.0. The number of aryl methyl sites for hydroxylation is 2. The molecule has 0 atom stereocenters. The van der Waals surface area contributed by atoms with Crippen LogP contribution in [0.4, 0.5) is 4.39 Å². The largest absolute Gasteiger partial charge is 0.352 e. The summed E-state index contributed by atoms with van der Waals surface area (Å²) in [7, 11) is 0. The van der Waals surface area contributed by atoms with E-state index >= 15 is 0 Å². The second-order valence-corrected chi connectivity index (χ2v) is 6.62. The van der Waals surface area contributed by atoms with Crippen LogP contribution in [0.2, 0.25) is 0 Å². The number of benzene rings is 1. The molecule has 0 aliphatic carbocycles. The molecule has 5 heteroatoms. The van der Waals surface area contributed by atoms with Crippen LogP contribution in [0.5, 0.6) is 0 Å². The fourth-order valence-corrected chi connectivity index (χ4v) is 3.15. The number of hydrogen-bond donors (Lipinski definition) is 1. The molecule has 0 spiro atoms. The number of hydrogen-bond acceptors (Lipinski definition) is 3. The molecule has 1 amide bonds. The Morgan fingerprint density at radius 2 is 1.95 bits per heavy atom. The van der Waals surface area contributed by atoms with Crippen LogP contribution >= 0.6 is 11.3 Å². The van der Waals surface area contributed by atoms with Crippen molar-refractivity contribution < 1.29 is 14.0 Å². The summed E-state index contributed by atoms with van der Waals surface area (Å²) >= 11 is 1.58. The fraction of sp³-hybridized carbons (Fsp3) is 0.294. The first-order chi connectivity index (χ1) is 10.5. The molecule has 3 nitrogen and oxygen atoms in total. The number of carbonyl (C=O) groups excluding carboxylic acids is 2. The van der Waals surface area contributed by atoms with Crippen molar-refractivity contribution in [1.29, 1.82) is 0 Å². The summed E-state index contributed by atoms with van der Waals surface area (Å²) in [6.45, 7) is 4.14. The van der Waals surface area contributed by atoms with Crippen molar-refractivity contribution in [3.63, 3.8) is 0 Å². The highest BCUT2D eigenvalue weighted by Gasteiger charge is 2.13. The molecule has 22 heavy (non-hydrogen) atoms. The number of amides is 1. The smallest absolute Gasteiger partial charge is 0.220 e. The van der Waals surface area contributed by atoms with Crippen LogP contribution in [0.15, 0.2) is 30.3 Å². The first kappa shape index (κ1) is 16.4. The first-order valence-electron chi connectivity index (χ1n) is 7.07. The monoisotopic (exact) mass is 319 g/mol. The number of rotatable bonds is 6. The topological polar surface area (TPSA) is 46.2 Å². The van der Waals surface area contributed by atoms with Gasteiger partial charge in [-0.3, -0.25) is 9.59 Å². The Hall–Kier alpha value is -2.01. The average molecular weight is 319 g/mol. The lowest BCUT2D eigenvalue weighted by molar-refractivity contribution is -0.121. The van der Waals surface area contributed by atoms with Gasteiger partial charge in [-0.2, -0.15) is 0 Å². The van der Waals surface area contributed by atoms with E-state index in [1.54, 1.807) is 23.5 Å². The van der Waals surface area contributed by atoms with Crippen molar-refractivity contribution >= 4 is 23.0 Å². The van der Waals surface area contributed by atoms with Crippen molar-refractivity contribution in [1.82, 2.24) is 5.32 Å². The molecule has 0 unspecified atom stereocenters. The van der Waals surface area contributed by atoms with E-state index in [1.807, 2.05) is 19.9 Å². The van der Waals surface area contributed by atoms with Crippen LogP contribution in [0.25, 0.3) is 0 Å². The second-order valence-electron chi connectivity index (χ2n) is 5.16. The Balaban J connectivity index is 1.80. The van der Waals surface area contributed by atoms with E-state index in [0.29, 0.717) is 11.1 Å². The van der Waals surface area contributed by atoms with Gasteiger partial charge in [-0.05, 0) is 37.6 Å². The molecule has 1 heterocycles. The molecule has 0 aliphatic rings. The van der Waals surface area contributed by atoms with Gasteiger partial charge in [-0.25, -0.2) is 4.39 Å². The molecule has 0 aliphatic heterocycles. The minimum absolute atomic E-state index is 0.0113. The molecule has 0 fully saturated rings. The summed E-state index contributed by atoms with van der Waals surface area (Å²) in [5, 5.41) is 2.70. The lowest BCUT2D eigenvalue weighted by atomic mass is 10.1. The summed E-state index contributed by atoms with van der Waals surface area (Å²) in [5.41, 5.74) is 1.41. The van der Waals surface area contributed by atoms with E-state index in [9.17, 15) is 14.0 Å².